The van der Waals surface area contributed by atoms with Gasteiger partial charge in [0.15, 0.2) is 0 Å². The van der Waals surface area contributed by atoms with Crippen molar-refractivity contribution in [3.05, 3.63) is 192 Å². The van der Waals surface area contributed by atoms with Gasteiger partial charge < -0.3 is 14.4 Å². The summed E-state index contributed by atoms with van der Waals surface area (Å²) in [7, 11) is 0. The molecular weight excluding hydrogens is 806 g/mol. The lowest BCUT2D eigenvalue weighted by Gasteiger charge is -2.42. The van der Waals surface area contributed by atoms with Gasteiger partial charge in [0.1, 0.15) is 4.83 Å². The maximum Gasteiger partial charge on any atom is 0.252 e. The first kappa shape index (κ1) is 39.8. The lowest BCUT2D eigenvalue weighted by Crippen LogP contribution is -2.60. The second kappa shape index (κ2) is 14.3. The third kappa shape index (κ3) is 6.01. The van der Waals surface area contributed by atoms with Crippen molar-refractivity contribution in [1.82, 2.24) is 4.57 Å². The minimum atomic E-state index is -0.123. The van der Waals surface area contributed by atoms with Crippen molar-refractivity contribution in [2.24, 2.45) is 0 Å². The Hall–Kier alpha value is -6.82. The molecule has 0 bridgehead atoms. The molecule has 0 saturated heterocycles. The van der Waals surface area contributed by atoms with Crippen molar-refractivity contribution in [2.45, 2.75) is 66.2 Å². The molecule has 5 heteroatoms. The van der Waals surface area contributed by atoms with Crippen LogP contribution in [-0.4, -0.2) is 11.3 Å². The van der Waals surface area contributed by atoms with E-state index in [9.17, 15) is 0 Å². The summed E-state index contributed by atoms with van der Waals surface area (Å²) >= 11 is 1.92. The van der Waals surface area contributed by atoms with Crippen molar-refractivity contribution in [1.29, 1.82) is 0 Å². The molecule has 3 nitrogen and oxygen atoms in total. The molecule has 0 aliphatic carbocycles. The van der Waals surface area contributed by atoms with Gasteiger partial charge in [0.2, 0.25) is 0 Å². The van der Waals surface area contributed by atoms with Crippen molar-refractivity contribution in [2.75, 3.05) is 9.80 Å². The van der Waals surface area contributed by atoms with Gasteiger partial charge in [-0.25, -0.2) is 0 Å². The Morgan fingerprint density at radius 2 is 1.15 bits per heavy atom. The second-order valence-corrected chi connectivity index (χ2v) is 21.3. The highest BCUT2D eigenvalue weighted by molar-refractivity contribution is 7.26. The van der Waals surface area contributed by atoms with Crippen LogP contribution in [0, 0.1) is 13.8 Å². The largest absolute Gasteiger partial charge is 0.311 e. The van der Waals surface area contributed by atoms with Gasteiger partial charge in [-0.3, -0.25) is 0 Å². The van der Waals surface area contributed by atoms with Crippen molar-refractivity contribution in [3.63, 3.8) is 0 Å². The molecule has 0 fully saturated rings. The normalized spacial score (nSPS) is 13.2. The van der Waals surface area contributed by atoms with Gasteiger partial charge in [0.25, 0.3) is 6.71 Å². The first-order valence-electron chi connectivity index (χ1n) is 23.1. The van der Waals surface area contributed by atoms with E-state index in [1.807, 2.05) is 11.3 Å². The van der Waals surface area contributed by atoms with Gasteiger partial charge in [-0.1, -0.05) is 157 Å². The molecule has 2 aromatic heterocycles. The zero-order chi connectivity index (χ0) is 44.5. The molecule has 0 N–H and O–H groups in total. The molecule has 10 aromatic rings. The van der Waals surface area contributed by atoms with E-state index < -0.39 is 0 Å². The number of hydrogen-bond donors (Lipinski definition) is 0. The molecule has 2 aliphatic rings. The number of nitrogens with zero attached hydrogens (tertiary/aromatic N) is 3. The van der Waals surface area contributed by atoms with E-state index in [-0.39, 0.29) is 17.5 Å². The first-order valence-corrected chi connectivity index (χ1v) is 23.9. The van der Waals surface area contributed by atoms with Crippen LogP contribution < -0.4 is 26.2 Å². The summed E-state index contributed by atoms with van der Waals surface area (Å²) in [5.74, 6) is 0. The van der Waals surface area contributed by atoms with Crippen LogP contribution in [0.5, 0.6) is 0 Å². The van der Waals surface area contributed by atoms with Crippen molar-refractivity contribution >= 4 is 99.8 Å². The average Bonchev–Trinajstić information content (AvgIpc) is 3.84. The standard InChI is InChI=1S/C60H52BN3S/c1-37-19-12-15-26-48(37)62(49-27-16-13-20-38(49)2)42-30-31-46-51(36-42)63(50-32-29-40(59(3,4)5)33-45(50)39-21-10-9-11-22-39)52-34-41(60(6,7)8)35-53-56(52)61(46)47-25-18-24-44-55-43-23-14-17-28-54(43)65-58(55)64(53)57(44)47/h9-36H,1-8H3. The van der Waals surface area contributed by atoms with E-state index in [2.05, 4.69) is 240 Å². The Morgan fingerprint density at radius 1 is 0.508 bits per heavy atom. The number of benzene rings is 8. The summed E-state index contributed by atoms with van der Waals surface area (Å²) in [6, 6.07) is 64.3. The summed E-state index contributed by atoms with van der Waals surface area (Å²) in [5.41, 5.74) is 21.1. The zero-order valence-electron chi connectivity index (χ0n) is 38.5. The third-order valence-corrected chi connectivity index (χ3v) is 15.3. The van der Waals surface area contributed by atoms with Gasteiger partial charge in [0.05, 0.1) is 11.2 Å². The quantitative estimate of drug-likeness (QED) is 0.160. The molecule has 65 heavy (non-hydrogen) atoms. The smallest absolute Gasteiger partial charge is 0.252 e. The lowest BCUT2D eigenvalue weighted by atomic mass is 9.33. The van der Waals surface area contributed by atoms with Crippen LogP contribution >= 0.6 is 11.3 Å². The van der Waals surface area contributed by atoms with E-state index in [1.165, 1.54) is 115 Å². The number of thiophene rings is 1. The molecule has 8 aromatic carbocycles. The van der Waals surface area contributed by atoms with Gasteiger partial charge in [-0.2, -0.15) is 0 Å². The Labute approximate surface area is 387 Å². The summed E-state index contributed by atoms with van der Waals surface area (Å²) in [6.45, 7) is 18.5. The molecule has 0 unspecified atom stereocenters. The first-order chi connectivity index (χ1) is 31.4. The monoisotopic (exact) mass is 857 g/mol. The predicted octanol–water partition coefficient (Wildman–Crippen LogP) is 15.0. The van der Waals surface area contributed by atoms with Crippen LogP contribution in [0.3, 0.4) is 0 Å². The average molecular weight is 858 g/mol. The second-order valence-electron chi connectivity index (χ2n) is 20.3. The molecule has 0 radical (unpaired) electrons. The number of fused-ring (bicyclic) bond motifs is 9. The molecule has 2 aliphatic heterocycles. The van der Waals surface area contributed by atoms with Crippen LogP contribution in [0.2, 0.25) is 0 Å². The number of para-hydroxylation sites is 3. The number of rotatable bonds is 5. The van der Waals surface area contributed by atoms with Gasteiger partial charge in [-0.15, -0.1) is 11.3 Å². The Balaban J connectivity index is 1.24. The van der Waals surface area contributed by atoms with Crippen LogP contribution in [0.4, 0.5) is 34.1 Å². The Morgan fingerprint density at radius 3 is 1.86 bits per heavy atom. The molecule has 4 heterocycles. The summed E-state index contributed by atoms with van der Waals surface area (Å²) in [4.78, 5) is 6.44. The van der Waals surface area contributed by atoms with Crippen molar-refractivity contribution < 1.29 is 0 Å². The SMILES string of the molecule is Cc1ccccc1N(c1ccc2c(c1)N(c1ccc(C(C)(C)C)cc1-c1ccccc1)c1cc(C(C)(C)C)cc3c1B2c1cccc2c4c5ccccc5sc4n-3c12)c1ccccc1C. The summed E-state index contributed by atoms with van der Waals surface area (Å²) in [5, 5.41) is 4.03. The van der Waals surface area contributed by atoms with Gasteiger partial charge >= 0.3 is 0 Å². The fourth-order valence-electron chi connectivity index (χ4n) is 10.8. The maximum absolute atomic E-state index is 2.64. The summed E-state index contributed by atoms with van der Waals surface area (Å²) < 4.78 is 3.97. The van der Waals surface area contributed by atoms with E-state index >= 15 is 0 Å². The minimum absolute atomic E-state index is 0.0141. The molecule has 0 amide bonds. The van der Waals surface area contributed by atoms with Crippen LogP contribution in [-0.2, 0) is 10.8 Å². The highest BCUT2D eigenvalue weighted by atomic mass is 32.1. The van der Waals surface area contributed by atoms with E-state index in [1.54, 1.807) is 0 Å². The van der Waals surface area contributed by atoms with Gasteiger partial charge in [0, 0.05) is 60.5 Å². The number of aromatic nitrogens is 1. The van der Waals surface area contributed by atoms with Crippen molar-refractivity contribution in [3.8, 4) is 16.8 Å². The molecule has 12 rings (SSSR count). The fraction of sp³-hybridized carbons (Fsp3) is 0.167. The topological polar surface area (TPSA) is 11.4 Å². The highest BCUT2D eigenvalue weighted by Gasteiger charge is 2.44. The molecule has 0 saturated carbocycles. The maximum atomic E-state index is 2.64. The highest BCUT2D eigenvalue weighted by Crippen LogP contribution is 2.50. The van der Waals surface area contributed by atoms with Gasteiger partial charge in [-0.05, 0) is 123 Å². The Bertz CT molecular complexity index is 3520. The van der Waals surface area contributed by atoms with Crippen LogP contribution in [0.25, 0.3) is 48.0 Å². The Kier molecular flexibility index (Phi) is 8.77. The lowest BCUT2D eigenvalue weighted by molar-refractivity contribution is 0.590. The fourth-order valence-corrected chi connectivity index (χ4v) is 12.0. The minimum Gasteiger partial charge on any atom is -0.311 e. The molecule has 316 valence electrons. The molecule has 0 spiro atoms. The molecular formula is C60H52BN3S. The van der Waals surface area contributed by atoms with E-state index in [0.717, 1.165) is 5.69 Å². The molecule has 0 atom stereocenters. The summed E-state index contributed by atoms with van der Waals surface area (Å²) in [6.07, 6.45) is 0. The number of hydrogen-bond acceptors (Lipinski definition) is 3. The van der Waals surface area contributed by atoms with Crippen LogP contribution in [0.1, 0.15) is 63.8 Å². The predicted molar refractivity (Wildman–Crippen MR) is 282 cm³/mol. The zero-order valence-corrected chi connectivity index (χ0v) is 39.3. The van der Waals surface area contributed by atoms with E-state index in [0.29, 0.717) is 0 Å². The number of aryl methyl sites for hydroxylation is 2. The van der Waals surface area contributed by atoms with E-state index in [4.69, 9.17) is 0 Å². The number of anilines is 6. The van der Waals surface area contributed by atoms with Crippen LogP contribution in [0.15, 0.2) is 170 Å². The third-order valence-electron chi connectivity index (χ3n) is 14.1.